The standard InChI is InChI=1S/C17H34N2.H2/c1-4-8-18-9-5-16-12-17(13-16)6-10-19(11-7-17)14-15(2)3;/h15-16,18H,4-14H2,1-3H3;1H. The van der Waals surface area contributed by atoms with E-state index >= 15 is 0 Å². The highest BCUT2D eigenvalue weighted by Crippen LogP contribution is 2.53. The minimum absolute atomic E-state index is 0. The molecule has 0 amide bonds. The average molecular weight is 268 g/mol. The van der Waals surface area contributed by atoms with E-state index in [1.54, 1.807) is 0 Å². The van der Waals surface area contributed by atoms with Gasteiger partial charge in [-0.3, -0.25) is 0 Å². The third-order valence-corrected chi connectivity index (χ3v) is 5.14. The van der Waals surface area contributed by atoms with Crippen LogP contribution in [0.15, 0.2) is 0 Å². The number of hydrogen-bond acceptors (Lipinski definition) is 2. The van der Waals surface area contributed by atoms with Gasteiger partial charge in [-0.05, 0) is 82.0 Å². The Hall–Kier alpha value is -0.0800. The minimum Gasteiger partial charge on any atom is -0.317 e. The van der Waals surface area contributed by atoms with Gasteiger partial charge in [0.25, 0.3) is 0 Å². The molecule has 1 N–H and O–H groups in total. The van der Waals surface area contributed by atoms with Crippen molar-refractivity contribution in [1.82, 2.24) is 10.2 Å². The summed E-state index contributed by atoms with van der Waals surface area (Å²) in [6.07, 6.45) is 8.67. The fourth-order valence-corrected chi connectivity index (χ4v) is 4.11. The molecule has 1 aliphatic carbocycles. The van der Waals surface area contributed by atoms with Gasteiger partial charge in [0.05, 0.1) is 0 Å². The van der Waals surface area contributed by atoms with E-state index in [-0.39, 0.29) is 1.43 Å². The first kappa shape index (κ1) is 15.3. The van der Waals surface area contributed by atoms with E-state index in [9.17, 15) is 0 Å². The summed E-state index contributed by atoms with van der Waals surface area (Å²) in [6.45, 7) is 13.4. The first-order valence-electron chi connectivity index (χ1n) is 8.56. The van der Waals surface area contributed by atoms with Crippen LogP contribution >= 0.6 is 0 Å². The van der Waals surface area contributed by atoms with E-state index in [4.69, 9.17) is 0 Å². The van der Waals surface area contributed by atoms with E-state index in [0.717, 1.165) is 17.3 Å². The van der Waals surface area contributed by atoms with Crippen molar-refractivity contribution in [2.45, 2.75) is 59.3 Å². The first-order valence-corrected chi connectivity index (χ1v) is 8.56. The van der Waals surface area contributed by atoms with E-state index in [2.05, 4.69) is 31.0 Å². The van der Waals surface area contributed by atoms with E-state index in [1.807, 2.05) is 0 Å². The first-order chi connectivity index (χ1) is 9.13. The third kappa shape index (κ3) is 4.46. The number of piperidine rings is 1. The summed E-state index contributed by atoms with van der Waals surface area (Å²) in [5, 5.41) is 3.55. The second-order valence-electron chi connectivity index (χ2n) is 7.51. The molecule has 2 heteroatoms. The molecule has 0 aromatic carbocycles. The van der Waals surface area contributed by atoms with Gasteiger partial charge in [0.15, 0.2) is 0 Å². The summed E-state index contributed by atoms with van der Waals surface area (Å²) in [7, 11) is 0. The van der Waals surface area contributed by atoms with Gasteiger partial charge in [0.1, 0.15) is 0 Å². The molecule has 0 aromatic rings. The summed E-state index contributed by atoms with van der Waals surface area (Å²) in [5.41, 5.74) is 0.767. The molecule has 1 spiro atoms. The van der Waals surface area contributed by atoms with Crippen molar-refractivity contribution in [1.29, 1.82) is 0 Å². The van der Waals surface area contributed by atoms with Crippen molar-refractivity contribution in [3.05, 3.63) is 0 Å². The van der Waals surface area contributed by atoms with Gasteiger partial charge in [-0.1, -0.05) is 20.8 Å². The zero-order valence-corrected chi connectivity index (χ0v) is 13.4. The van der Waals surface area contributed by atoms with Crippen molar-refractivity contribution < 1.29 is 1.43 Å². The predicted octanol–water partition coefficient (Wildman–Crippen LogP) is 3.77. The summed E-state index contributed by atoms with van der Waals surface area (Å²) in [6, 6.07) is 0. The van der Waals surface area contributed by atoms with Crippen LogP contribution in [-0.2, 0) is 0 Å². The molecule has 0 atom stereocenters. The highest BCUT2D eigenvalue weighted by Gasteiger charge is 2.44. The van der Waals surface area contributed by atoms with Crippen LogP contribution in [0, 0.1) is 17.3 Å². The number of likely N-dealkylation sites (tertiary alicyclic amines) is 1. The highest BCUT2D eigenvalue weighted by molar-refractivity contribution is 4.97. The second-order valence-corrected chi connectivity index (χ2v) is 7.51. The van der Waals surface area contributed by atoms with Crippen LogP contribution in [0.5, 0.6) is 0 Å². The van der Waals surface area contributed by atoms with Gasteiger partial charge in [-0.15, -0.1) is 0 Å². The lowest BCUT2D eigenvalue weighted by molar-refractivity contribution is -0.0180. The molecule has 0 bridgehead atoms. The Balaban J connectivity index is 0.00000200. The van der Waals surface area contributed by atoms with E-state index in [1.165, 1.54) is 71.2 Å². The number of hydrogen-bond donors (Lipinski definition) is 1. The maximum atomic E-state index is 3.55. The summed E-state index contributed by atoms with van der Waals surface area (Å²) < 4.78 is 0. The molecule has 19 heavy (non-hydrogen) atoms. The molecule has 2 fully saturated rings. The Kier molecular flexibility index (Phi) is 5.70. The smallest absolute Gasteiger partial charge is 0.000439 e. The molecule has 114 valence electrons. The van der Waals surface area contributed by atoms with Crippen LogP contribution in [0.1, 0.15) is 60.7 Å². The molecule has 1 saturated carbocycles. The zero-order chi connectivity index (χ0) is 13.7. The fraction of sp³-hybridized carbons (Fsp3) is 1.00. The van der Waals surface area contributed by atoms with Crippen molar-refractivity contribution in [2.75, 3.05) is 32.7 Å². The topological polar surface area (TPSA) is 15.3 Å². The van der Waals surface area contributed by atoms with Gasteiger partial charge in [0, 0.05) is 7.97 Å². The minimum atomic E-state index is 0. The lowest BCUT2D eigenvalue weighted by Gasteiger charge is -2.52. The molecular weight excluding hydrogens is 232 g/mol. The molecule has 0 radical (unpaired) electrons. The molecular formula is C17H36N2. The van der Waals surface area contributed by atoms with Crippen molar-refractivity contribution in [3.63, 3.8) is 0 Å². The Morgan fingerprint density at radius 3 is 2.47 bits per heavy atom. The second kappa shape index (κ2) is 7.08. The molecule has 2 aliphatic rings. The number of rotatable bonds is 7. The predicted molar refractivity (Wildman–Crippen MR) is 85.6 cm³/mol. The van der Waals surface area contributed by atoms with Gasteiger partial charge in [-0.25, -0.2) is 0 Å². The van der Waals surface area contributed by atoms with Gasteiger partial charge >= 0.3 is 0 Å². The van der Waals surface area contributed by atoms with Gasteiger partial charge < -0.3 is 10.2 Å². The molecule has 0 aromatic heterocycles. The lowest BCUT2D eigenvalue weighted by atomic mass is 9.57. The summed E-state index contributed by atoms with van der Waals surface area (Å²) >= 11 is 0. The quantitative estimate of drug-likeness (QED) is 0.707. The Bertz CT molecular complexity index is 252. The zero-order valence-electron chi connectivity index (χ0n) is 13.4. The van der Waals surface area contributed by atoms with Crippen molar-refractivity contribution >= 4 is 0 Å². The monoisotopic (exact) mass is 268 g/mol. The van der Waals surface area contributed by atoms with Gasteiger partial charge in [0.2, 0.25) is 0 Å². The van der Waals surface area contributed by atoms with Crippen molar-refractivity contribution in [2.24, 2.45) is 17.3 Å². The maximum absolute atomic E-state index is 3.55. The number of nitrogens with zero attached hydrogens (tertiary/aromatic N) is 1. The van der Waals surface area contributed by atoms with Gasteiger partial charge in [-0.2, -0.15) is 0 Å². The average Bonchev–Trinajstić information content (AvgIpc) is 2.34. The third-order valence-electron chi connectivity index (χ3n) is 5.14. The largest absolute Gasteiger partial charge is 0.317 e. The van der Waals surface area contributed by atoms with Crippen LogP contribution in [0.2, 0.25) is 0 Å². The SMILES string of the molecule is CCCNCCC1CC2(CCN(CC(C)C)CC2)C1.[HH]. The Morgan fingerprint density at radius 2 is 1.89 bits per heavy atom. The van der Waals surface area contributed by atoms with E-state index in [0.29, 0.717) is 0 Å². The molecule has 2 rings (SSSR count). The van der Waals surface area contributed by atoms with Crippen LogP contribution in [0.3, 0.4) is 0 Å². The number of nitrogens with one attached hydrogen (secondary N) is 1. The Morgan fingerprint density at radius 1 is 1.21 bits per heavy atom. The molecule has 0 unspecified atom stereocenters. The van der Waals surface area contributed by atoms with Crippen LogP contribution in [-0.4, -0.2) is 37.6 Å². The summed E-state index contributed by atoms with van der Waals surface area (Å²) in [4.78, 5) is 2.69. The maximum Gasteiger partial charge on any atom is 0.000439 e. The molecule has 1 heterocycles. The van der Waals surface area contributed by atoms with E-state index < -0.39 is 0 Å². The van der Waals surface area contributed by atoms with Crippen LogP contribution in [0.25, 0.3) is 0 Å². The lowest BCUT2D eigenvalue weighted by Crippen LogP contribution is -2.48. The fourth-order valence-electron chi connectivity index (χ4n) is 4.11. The molecule has 1 aliphatic heterocycles. The highest BCUT2D eigenvalue weighted by atomic mass is 15.1. The van der Waals surface area contributed by atoms with Crippen LogP contribution < -0.4 is 5.32 Å². The van der Waals surface area contributed by atoms with Crippen molar-refractivity contribution in [3.8, 4) is 0 Å². The molecule has 1 saturated heterocycles. The summed E-state index contributed by atoms with van der Waals surface area (Å²) in [5.74, 6) is 1.86. The van der Waals surface area contributed by atoms with Crippen LogP contribution in [0.4, 0.5) is 0 Å². The molecule has 2 nitrogen and oxygen atoms in total. The normalized spacial score (nSPS) is 24.0. The Labute approximate surface area is 121 Å².